The van der Waals surface area contributed by atoms with Crippen LogP contribution in [-0.4, -0.2) is 24.0 Å². The number of rotatable bonds is 5. The molecule has 76 valence electrons. The molecular weight excluding hydrogens is 178 g/mol. The summed E-state index contributed by atoms with van der Waals surface area (Å²) >= 11 is 0. The molecule has 0 aromatic heterocycles. The summed E-state index contributed by atoms with van der Waals surface area (Å²) in [4.78, 5) is 10.7. The second-order valence-corrected chi connectivity index (χ2v) is 3.17. The van der Waals surface area contributed by atoms with E-state index >= 15 is 0 Å². The van der Waals surface area contributed by atoms with Crippen LogP contribution in [0.5, 0.6) is 5.75 Å². The summed E-state index contributed by atoms with van der Waals surface area (Å²) < 4.78 is 0. The Labute approximate surface area is 83.8 Å². The van der Waals surface area contributed by atoms with Crippen molar-refractivity contribution in [1.82, 2.24) is 5.32 Å². The van der Waals surface area contributed by atoms with Crippen molar-refractivity contribution in [1.29, 1.82) is 0 Å². The first-order chi connectivity index (χ1) is 6.76. The lowest BCUT2D eigenvalue weighted by atomic mass is 10.1. The maximum absolute atomic E-state index is 10.7. The van der Waals surface area contributed by atoms with Crippen molar-refractivity contribution >= 4 is 6.29 Å². The molecule has 2 N–H and O–H groups in total. The number of aromatic hydroxyl groups is 1. The van der Waals surface area contributed by atoms with Gasteiger partial charge < -0.3 is 15.2 Å². The van der Waals surface area contributed by atoms with Crippen molar-refractivity contribution in [3.05, 3.63) is 29.8 Å². The van der Waals surface area contributed by atoms with E-state index in [-0.39, 0.29) is 11.8 Å². The molecule has 3 heteroatoms. The molecule has 1 atom stereocenters. The van der Waals surface area contributed by atoms with E-state index in [1.165, 1.54) is 0 Å². The van der Waals surface area contributed by atoms with Gasteiger partial charge in [-0.2, -0.15) is 0 Å². The second kappa shape index (κ2) is 5.40. The zero-order valence-corrected chi connectivity index (χ0v) is 8.23. The first-order valence-corrected chi connectivity index (χ1v) is 4.73. The van der Waals surface area contributed by atoms with Gasteiger partial charge in [-0.25, -0.2) is 0 Å². The highest BCUT2D eigenvalue weighted by atomic mass is 16.3. The number of benzene rings is 1. The summed E-state index contributed by atoms with van der Waals surface area (Å²) in [7, 11) is 0. The van der Waals surface area contributed by atoms with E-state index in [2.05, 4.69) is 5.32 Å². The van der Waals surface area contributed by atoms with E-state index in [4.69, 9.17) is 5.11 Å². The molecule has 0 aliphatic carbocycles. The number of nitrogens with one attached hydrogen (secondary N) is 1. The first kappa shape index (κ1) is 10.7. The Morgan fingerprint density at radius 2 is 2.07 bits per heavy atom. The summed E-state index contributed by atoms with van der Waals surface area (Å²) in [5.41, 5.74) is 1.04. The van der Waals surface area contributed by atoms with E-state index in [1.54, 1.807) is 12.1 Å². The van der Waals surface area contributed by atoms with Crippen molar-refractivity contribution in [3.63, 3.8) is 0 Å². The minimum Gasteiger partial charge on any atom is -0.508 e. The van der Waals surface area contributed by atoms with Crippen LogP contribution >= 0.6 is 0 Å². The molecular formula is C11H15NO2. The van der Waals surface area contributed by atoms with E-state index in [9.17, 15) is 4.79 Å². The van der Waals surface area contributed by atoms with Gasteiger partial charge in [0.2, 0.25) is 0 Å². The molecule has 3 nitrogen and oxygen atoms in total. The van der Waals surface area contributed by atoms with Crippen molar-refractivity contribution in [2.24, 2.45) is 0 Å². The molecule has 1 aromatic rings. The molecule has 1 unspecified atom stereocenters. The van der Waals surface area contributed by atoms with Gasteiger partial charge in [0.1, 0.15) is 12.0 Å². The summed E-state index contributed by atoms with van der Waals surface area (Å²) in [5.74, 6) is 0.250. The Bertz CT molecular complexity index is 282. The molecule has 0 aliphatic heterocycles. The largest absolute Gasteiger partial charge is 0.508 e. The van der Waals surface area contributed by atoms with Crippen LogP contribution in [0.15, 0.2) is 24.3 Å². The monoisotopic (exact) mass is 193 g/mol. The number of carbonyl (C=O) groups excluding carboxylic acids is 1. The smallest absolute Gasteiger partial charge is 0.137 e. The average Bonchev–Trinajstić information content (AvgIpc) is 2.20. The number of phenolic OH excluding ortho intramolecular Hbond substituents is 1. The lowest BCUT2D eigenvalue weighted by Gasteiger charge is -2.10. The topological polar surface area (TPSA) is 49.3 Å². The van der Waals surface area contributed by atoms with Crippen molar-refractivity contribution < 1.29 is 9.90 Å². The van der Waals surface area contributed by atoms with Crippen molar-refractivity contribution in [2.75, 3.05) is 6.54 Å². The highest BCUT2D eigenvalue weighted by Gasteiger charge is 2.05. The molecule has 0 amide bonds. The van der Waals surface area contributed by atoms with Gasteiger partial charge in [-0.1, -0.05) is 19.1 Å². The van der Waals surface area contributed by atoms with Gasteiger partial charge in [-0.15, -0.1) is 0 Å². The predicted octanol–water partition coefficient (Wildman–Crippen LogP) is 1.11. The third-order valence-corrected chi connectivity index (χ3v) is 2.02. The number of carbonyl (C=O) groups is 1. The molecule has 14 heavy (non-hydrogen) atoms. The Morgan fingerprint density at radius 3 is 2.57 bits per heavy atom. The number of likely N-dealkylation sites (N-methyl/N-ethyl adjacent to an activating group) is 1. The molecule has 0 fully saturated rings. The lowest BCUT2D eigenvalue weighted by molar-refractivity contribution is -0.109. The van der Waals surface area contributed by atoms with Gasteiger partial charge in [0, 0.05) is 0 Å². The van der Waals surface area contributed by atoms with E-state index in [0.717, 1.165) is 18.4 Å². The molecule has 0 bridgehead atoms. The average molecular weight is 193 g/mol. The highest BCUT2D eigenvalue weighted by molar-refractivity contribution is 5.58. The molecule has 0 radical (unpaired) electrons. The summed E-state index contributed by atoms with van der Waals surface area (Å²) in [6.45, 7) is 2.74. The zero-order valence-electron chi connectivity index (χ0n) is 8.23. The Kier molecular flexibility index (Phi) is 4.13. The summed E-state index contributed by atoms with van der Waals surface area (Å²) in [6, 6.07) is 6.77. The minimum absolute atomic E-state index is 0.135. The van der Waals surface area contributed by atoms with Gasteiger partial charge >= 0.3 is 0 Å². The lowest BCUT2D eigenvalue weighted by Crippen LogP contribution is -2.32. The van der Waals surface area contributed by atoms with Crippen LogP contribution in [0.4, 0.5) is 0 Å². The third kappa shape index (κ3) is 3.18. The standard InChI is InChI=1S/C11H15NO2/c1-2-12-10(8-13)7-9-3-5-11(14)6-4-9/h3-6,8,10,12,14H,2,7H2,1H3. The summed E-state index contributed by atoms with van der Waals surface area (Å²) in [6.07, 6.45) is 1.58. The van der Waals surface area contributed by atoms with Crippen molar-refractivity contribution in [2.45, 2.75) is 19.4 Å². The molecule has 0 spiro atoms. The second-order valence-electron chi connectivity index (χ2n) is 3.17. The normalized spacial score (nSPS) is 12.4. The van der Waals surface area contributed by atoms with Crippen LogP contribution in [0, 0.1) is 0 Å². The molecule has 0 heterocycles. The van der Waals surface area contributed by atoms with Gasteiger partial charge in [-0.3, -0.25) is 0 Å². The van der Waals surface area contributed by atoms with Gasteiger partial charge in [0.05, 0.1) is 6.04 Å². The van der Waals surface area contributed by atoms with E-state index in [0.29, 0.717) is 6.42 Å². The fourth-order valence-electron chi connectivity index (χ4n) is 1.32. The quantitative estimate of drug-likeness (QED) is 0.689. The van der Waals surface area contributed by atoms with Crippen LogP contribution in [0.25, 0.3) is 0 Å². The fraction of sp³-hybridized carbons (Fsp3) is 0.364. The van der Waals surface area contributed by atoms with E-state index in [1.807, 2.05) is 19.1 Å². The number of phenols is 1. The van der Waals surface area contributed by atoms with E-state index < -0.39 is 0 Å². The predicted molar refractivity (Wildman–Crippen MR) is 55.3 cm³/mol. The highest BCUT2D eigenvalue weighted by Crippen LogP contribution is 2.10. The minimum atomic E-state index is -0.135. The molecule has 0 saturated carbocycles. The Balaban J connectivity index is 2.57. The van der Waals surface area contributed by atoms with Crippen LogP contribution in [0.3, 0.4) is 0 Å². The van der Waals surface area contributed by atoms with Crippen LogP contribution in [0.2, 0.25) is 0 Å². The Morgan fingerprint density at radius 1 is 1.43 bits per heavy atom. The third-order valence-electron chi connectivity index (χ3n) is 2.02. The Hall–Kier alpha value is -1.35. The molecule has 1 aromatic carbocycles. The number of hydrogen-bond acceptors (Lipinski definition) is 3. The maximum atomic E-state index is 10.7. The fourth-order valence-corrected chi connectivity index (χ4v) is 1.32. The SMILES string of the molecule is CCNC(C=O)Cc1ccc(O)cc1. The number of hydrogen-bond donors (Lipinski definition) is 2. The molecule has 1 rings (SSSR count). The number of aldehydes is 1. The van der Waals surface area contributed by atoms with Gasteiger partial charge in [-0.05, 0) is 30.7 Å². The van der Waals surface area contributed by atoms with Crippen molar-refractivity contribution in [3.8, 4) is 5.75 Å². The zero-order chi connectivity index (χ0) is 10.4. The first-order valence-electron chi connectivity index (χ1n) is 4.73. The maximum Gasteiger partial charge on any atom is 0.137 e. The molecule has 0 saturated heterocycles. The van der Waals surface area contributed by atoms with Crippen LogP contribution < -0.4 is 5.32 Å². The molecule has 0 aliphatic rings. The van der Waals surface area contributed by atoms with Crippen LogP contribution in [0.1, 0.15) is 12.5 Å². The van der Waals surface area contributed by atoms with Crippen LogP contribution in [-0.2, 0) is 11.2 Å². The van der Waals surface area contributed by atoms with Gasteiger partial charge in [0.25, 0.3) is 0 Å². The van der Waals surface area contributed by atoms with Gasteiger partial charge in [0.15, 0.2) is 0 Å². The summed E-state index contributed by atoms with van der Waals surface area (Å²) in [5, 5.41) is 12.1.